The summed E-state index contributed by atoms with van der Waals surface area (Å²) >= 11 is 3.40. The van der Waals surface area contributed by atoms with Gasteiger partial charge in [0.1, 0.15) is 11.9 Å². The van der Waals surface area contributed by atoms with Crippen LogP contribution in [-0.4, -0.2) is 25.7 Å². The van der Waals surface area contributed by atoms with E-state index < -0.39 is 0 Å². The second kappa shape index (κ2) is 5.71. The molecule has 5 heteroatoms. The summed E-state index contributed by atoms with van der Waals surface area (Å²) in [6.45, 7) is 2.59. The van der Waals surface area contributed by atoms with Crippen LogP contribution < -0.4 is 10.1 Å². The Labute approximate surface area is 115 Å². The number of hydrogen-bond donors (Lipinski definition) is 1. The molecule has 1 amide bonds. The number of hydrogen-bond acceptors (Lipinski definition) is 3. The number of ether oxygens (including phenoxy) is 2. The SMILES string of the molecule is COc1cc(Br)cc(C)c1NC(=O)[C@H]1CCCO1. The van der Waals surface area contributed by atoms with Gasteiger partial charge in [0.2, 0.25) is 0 Å². The Hall–Kier alpha value is -1.07. The van der Waals surface area contributed by atoms with Gasteiger partial charge in [-0.15, -0.1) is 0 Å². The minimum absolute atomic E-state index is 0.101. The Morgan fingerprint density at radius 1 is 1.56 bits per heavy atom. The van der Waals surface area contributed by atoms with Gasteiger partial charge in [-0.2, -0.15) is 0 Å². The predicted octanol–water partition coefficient (Wildman–Crippen LogP) is 2.88. The number of carbonyl (C=O) groups excluding carboxylic acids is 1. The van der Waals surface area contributed by atoms with Gasteiger partial charge in [0.05, 0.1) is 12.8 Å². The van der Waals surface area contributed by atoms with E-state index >= 15 is 0 Å². The van der Waals surface area contributed by atoms with Crippen molar-refractivity contribution in [1.29, 1.82) is 0 Å². The number of anilines is 1. The van der Waals surface area contributed by atoms with E-state index in [1.165, 1.54) is 0 Å². The molecular formula is C13H16BrNO3. The third-order valence-corrected chi connectivity index (χ3v) is 3.41. The van der Waals surface area contributed by atoms with E-state index in [2.05, 4.69) is 21.2 Å². The minimum Gasteiger partial charge on any atom is -0.495 e. The monoisotopic (exact) mass is 313 g/mol. The van der Waals surface area contributed by atoms with E-state index in [1.54, 1.807) is 7.11 Å². The van der Waals surface area contributed by atoms with E-state index in [-0.39, 0.29) is 12.0 Å². The summed E-state index contributed by atoms with van der Waals surface area (Å²) in [4.78, 5) is 12.0. The Kier molecular flexibility index (Phi) is 4.24. The highest BCUT2D eigenvalue weighted by atomic mass is 79.9. The van der Waals surface area contributed by atoms with Crippen molar-refractivity contribution in [3.8, 4) is 5.75 Å². The summed E-state index contributed by atoms with van der Waals surface area (Å²) in [6.07, 6.45) is 1.39. The quantitative estimate of drug-likeness (QED) is 0.933. The molecule has 1 heterocycles. The third-order valence-electron chi connectivity index (χ3n) is 2.95. The van der Waals surface area contributed by atoms with Crippen LogP contribution in [0.4, 0.5) is 5.69 Å². The highest BCUT2D eigenvalue weighted by Crippen LogP contribution is 2.32. The van der Waals surface area contributed by atoms with Crippen LogP contribution in [0.5, 0.6) is 5.75 Å². The van der Waals surface area contributed by atoms with E-state index in [9.17, 15) is 4.79 Å². The van der Waals surface area contributed by atoms with Gasteiger partial charge in [0, 0.05) is 11.1 Å². The number of benzene rings is 1. The summed E-state index contributed by atoms with van der Waals surface area (Å²) in [7, 11) is 1.59. The molecule has 1 N–H and O–H groups in total. The maximum atomic E-state index is 12.0. The van der Waals surface area contributed by atoms with Crippen molar-refractivity contribution in [2.45, 2.75) is 25.9 Å². The Balaban J connectivity index is 2.19. The number of aryl methyl sites for hydroxylation is 1. The molecular weight excluding hydrogens is 298 g/mol. The first-order valence-electron chi connectivity index (χ1n) is 5.88. The second-order valence-electron chi connectivity index (χ2n) is 4.29. The molecule has 0 aliphatic carbocycles. The fraction of sp³-hybridized carbons (Fsp3) is 0.462. The van der Waals surface area contributed by atoms with Crippen molar-refractivity contribution < 1.29 is 14.3 Å². The highest BCUT2D eigenvalue weighted by Gasteiger charge is 2.24. The van der Waals surface area contributed by atoms with Crippen LogP contribution >= 0.6 is 15.9 Å². The summed E-state index contributed by atoms with van der Waals surface area (Å²) in [5.41, 5.74) is 1.66. The summed E-state index contributed by atoms with van der Waals surface area (Å²) in [5, 5.41) is 2.89. The first-order chi connectivity index (χ1) is 8.61. The predicted molar refractivity (Wildman–Crippen MR) is 73.0 cm³/mol. The van der Waals surface area contributed by atoms with Gasteiger partial charge in [-0.25, -0.2) is 0 Å². The van der Waals surface area contributed by atoms with Crippen LogP contribution in [-0.2, 0) is 9.53 Å². The van der Waals surface area contributed by atoms with Crippen molar-refractivity contribution in [1.82, 2.24) is 0 Å². The molecule has 1 fully saturated rings. The minimum atomic E-state index is -0.335. The average molecular weight is 314 g/mol. The Bertz CT molecular complexity index is 456. The lowest BCUT2D eigenvalue weighted by Crippen LogP contribution is -2.27. The summed E-state index contributed by atoms with van der Waals surface area (Å²) in [6, 6.07) is 3.77. The van der Waals surface area contributed by atoms with Crippen molar-refractivity contribution in [2.24, 2.45) is 0 Å². The Morgan fingerprint density at radius 2 is 2.33 bits per heavy atom. The van der Waals surface area contributed by atoms with Crippen LogP contribution in [0.1, 0.15) is 18.4 Å². The standard InChI is InChI=1S/C13H16BrNO3/c1-8-6-9(14)7-11(17-2)12(8)15-13(16)10-4-3-5-18-10/h6-7,10H,3-5H2,1-2H3,(H,15,16)/t10-/m1/s1. The first kappa shape index (κ1) is 13.4. The topological polar surface area (TPSA) is 47.6 Å². The third kappa shape index (κ3) is 2.84. The van der Waals surface area contributed by atoms with E-state index in [4.69, 9.17) is 9.47 Å². The zero-order valence-electron chi connectivity index (χ0n) is 10.5. The van der Waals surface area contributed by atoms with E-state index in [0.717, 1.165) is 22.9 Å². The van der Waals surface area contributed by atoms with Gasteiger partial charge >= 0.3 is 0 Å². The lowest BCUT2D eigenvalue weighted by atomic mass is 10.1. The van der Waals surface area contributed by atoms with Gasteiger partial charge in [0.15, 0.2) is 0 Å². The van der Waals surface area contributed by atoms with Gasteiger partial charge in [-0.3, -0.25) is 4.79 Å². The van der Waals surface area contributed by atoms with Gasteiger partial charge in [-0.05, 0) is 37.5 Å². The van der Waals surface area contributed by atoms with Crippen LogP contribution in [0.15, 0.2) is 16.6 Å². The van der Waals surface area contributed by atoms with Crippen LogP contribution in [0.25, 0.3) is 0 Å². The highest BCUT2D eigenvalue weighted by molar-refractivity contribution is 9.10. The molecule has 1 aliphatic heterocycles. The molecule has 2 rings (SSSR count). The van der Waals surface area contributed by atoms with Gasteiger partial charge in [0.25, 0.3) is 5.91 Å². The largest absolute Gasteiger partial charge is 0.495 e. The fourth-order valence-electron chi connectivity index (χ4n) is 2.02. The van der Waals surface area contributed by atoms with Crippen LogP contribution in [0.2, 0.25) is 0 Å². The molecule has 18 heavy (non-hydrogen) atoms. The normalized spacial score (nSPS) is 18.7. The molecule has 1 aromatic carbocycles. The average Bonchev–Trinajstić information content (AvgIpc) is 2.85. The molecule has 4 nitrogen and oxygen atoms in total. The van der Waals surface area contributed by atoms with Crippen molar-refractivity contribution in [3.63, 3.8) is 0 Å². The van der Waals surface area contributed by atoms with Crippen LogP contribution in [0.3, 0.4) is 0 Å². The number of rotatable bonds is 3. The van der Waals surface area contributed by atoms with Crippen molar-refractivity contribution in [3.05, 3.63) is 22.2 Å². The molecule has 0 bridgehead atoms. The first-order valence-corrected chi connectivity index (χ1v) is 6.67. The zero-order valence-corrected chi connectivity index (χ0v) is 12.0. The number of methoxy groups -OCH3 is 1. The maximum Gasteiger partial charge on any atom is 0.253 e. The molecule has 1 aliphatic rings. The molecule has 0 unspecified atom stereocenters. The molecule has 0 radical (unpaired) electrons. The van der Waals surface area contributed by atoms with Crippen molar-refractivity contribution in [2.75, 3.05) is 19.0 Å². The lowest BCUT2D eigenvalue weighted by molar-refractivity contribution is -0.124. The molecule has 0 spiro atoms. The van der Waals surface area contributed by atoms with Crippen molar-refractivity contribution >= 4 is 27.5 Å². The molecule has 98 valence electrons. The Morgan fingerprint density at radius 3 is 2.94 bits per heavy atom. The van der Waals surface area contributed by atoms with Gasteiger partial charge in [-0.1, -0.05) is 15.9 Å². The molecule has 1 atom stereocenters. The zero-order chi connectivity index (χ0) is 13.1. The maximum absolute atomic E-state index is 12.0. The number of amides is 1. The fourth-order valence-corrected chi connectivity index (χ4v) is 2.57. The smallest absolute Gasteiger partial charge is 0.253 e. The van der Waals surface area contributed by atoms with Crippen LogP contribution in [0, 0.1) is 6.92 Å². The summed E-state index contributed by atoms with van der Waals surface area (Å²) in [5.74, 6) is 0.546. The van der Waals surface area contributed by atoms with Gasteiger partial charge < -0.3 is 14.8 Å². The molecule has 1 aromatic rings. The number of nitrogens with one attached hydrogen (secondary N) is 1. The lowest BCUT2D eigenvalue weighted by Gasteiger charge is -2.16. The number of carbonyl (C=O) groups is 1. The number of halogens is 1. The molecule has 1 saturated heterocycles. The molecule has 0 aromatic heterocycles. The molecule has 0 saturated carbocycles. The second-order valence-corrected chi connectivity index (χ2v) is 5.21. The summed E-state index contributed by atoms with van der Waals surface area (Å²) < 4.78 is 11.6. The van der Waals surface area contributed by atoms with E-state index in [0.29, 0.717) is 18.0 Å². The van der Waals surface area contributed by atoms with E-state index in [1.807, 2.05) is 19.1 Å².